The van der Waals surface area contributed by atoms with Crippen LogP contribution in [0.2, 0.25) is 0 Å². The molecule has 1 atom stereocenters. The number of hydrogen-bond donors (Lipinski definition) is 2. The Morgan fingerprint density at radius 3 is 2.74 bits per heavy atom. The topological polar surface area (TPSA) is 58.2 Å². The molecule has 19 heavy (non-hydrogen) atoms. The second kappa shape index (κ2) is 5.25. The van der Waals surface area contributed by atoms with Crippen LogP contribution in [0.15, 0.2) is 29.2 Å². The Morgan fingerprint density at radius 1 is 1.37 bits per heavy atom. The van der Waals surface area contributed by atoms with Gasteiger partial charge < -0.3 is 10.6 Å². The maximum atomic E-state index is 11.9. The number of rotatable bonds is 2. The first kappa shape index (κ1) is 13.9. The second-order valence-corrected chi connectivity index (χ2v) is 6.84. The third kappa shape index (κ3) is 3.73. The number of nitrogens with one attached hydrogen (secondary N) is 2. The SMILES string of the molecule is CC(C)(C)NC(=O)C[C@H]1Sc2ccccc2NC1=O. The molecule has 1 aliphatic rings. The summed E-state index contributed by atoms with van der Waals surface area (Å²) >= 11 is 1.45. The van der Waals surface area contributed by atoms with E-state index in [1.165, 1.54) is 11.8 Å². The standard InChI is InChI=1S/C14H18N2O2S/c1-14(2,3)16-12(17)8-11-13(18)15-9-6-4-5-7-10(9)19-11/h4-7,11H,8H2,1-3H3,(H,15,18)(H,16,17)/t11-/m1/s1. The van der Waals surface area contributed by atoms with Crippen molar-refractivity contribution in [2.24, 2.45) is 0 Å². The summed E-state index contributed by atoms with van der Waals surface area (Å²) in [4.78, 5) is 24.8. The van der Waals surface area contributed by atoms with Gasteiger partial charge in [0.15, 0.2) is 0 Å². The monoisotopic (exact) mass is 278 g/mol. The van der Waals surface area contributed by atoms with Crippen molar-refractivity contribution in [3.05, 3.63) is 24.3 Å². The van der Waals surface area contributed by atoms with Crippen molar-refractivity contribution in [1.29, 1.82) is 0 Å². The Bertz CT molecular complexity index is 508. The van der Waals surface area contributed by atoms with Crippen molar-refractivity contribution in [3.63, 3.8) is 0 Å². The average molecular weight is 278 g/mol. The summed E-state index contributed by atoms with van der Waals surface area (Å²) in [6.45, 7) is 5.77. The molecular weight excluding hydrogens is 260 g/mol. The van der Waals surface area contributed by atoms with Crippen molar-refractivity contribution in [3.8, 4) is 0 Å². The molecular formula is C14H18N2O2S. The van der Waals surface area contributed by atoms with Crippen LogP contribution in [0.5, 0.6) is 0 Å². The van der Waals surface area contributed by atoms with Gasteiger partial charge >= 0.3 is 0 Å². The second-order valence-electron chi connectivity index (χ2n) is 5.59. The average Bonchev–Trinajstić information content (AvgIpc) is 2.27. The lowest BCUT2D eigenvalue weighted by atomic mass is 10.1. The zero-order valence-electron chi connectivity index (χ0n) is 11.3. The molecule has 1 aliphatic heterocycles. The molecule has 0 fully saturated rings. The highest BCUT2D eigenvalue weighted by Crippen LogP contribution is 2.36. The highest BCUT2D eigenvalue weighted by Gasteiger charge is 2.29. The molecule has 102 valence electrons. The van der Waals surface area contributed by atoms with Crippen molar-refractivity contribution in [2.75, 3.05) is 5.32 Å². The first-order valence-electron chi connectivity index (χ1n) is 6.23. The number of thioether (sulfide) groups is 1. The van der Waals surface area contributed by atoms with E-state index < -0.39 is 0 Å². The van der Waals surface area contributed by atoms with Gasteiger partial charge in [-0.2, -0.15) is 0 Å². The van der Waals surface area contributed by atoms with Crippen LogP contribution in [-0.2, 0) is 9.59 Å². The van der Waals surface area contributed by atoms with E-state index in [1.807, 2.05) is 45.0 Å². The maximum absolute atomic E-state index is 11.9. The van der Waals surface area contributed by atoms with Gasteiger partial charge in [-0.3, -0.25) is 9.59 Å². The summed E-state index contributed by atoms with van der Waals surface area (Å²) in [6, 6.07) is 7.63. The van der Waals surface area contributed by atoms with Gasteiger partial charge in [-0.25, -0.2) is 0 Å². The lowest BCUT2D eigenvalue weighted by Gasteiger charge is -2.25. The smallest absolute Gasteiger partial charge is 0.238 e. The lowest BCUT2D eigenvalue weighted by Crippen LogP contribution is -2.43. The van der Waals surface area contributed by atoms with Crippen LogP contribution in [0.1, 0.15) is 27.2 Å². The highest BCUT2D eigenvalue weighted by atomic mass is 32.2. The third-order valence-corrected chi connectivity index (χ3v) is 3.87. The summed E-state index contributed by atoms with van der Waals surface area (Å²) in [5.41, 5.74) is 0.551. The minimum absolute atomic E-state index is 0.0977. The van der Waals surface area contributed by atoms with Gasteiger partial charge in [0.05, 0.1) is 10.9 Å². The Morgan fingerprint density at radius 2 is 2.05 bits per heavy atom. The van der Waals surface area contributed by atoms with Crippen molar-refractivity contribution in [1.82, 2.24) is 5.32 Å². The number of fused-ring (bicyclic) bond motifs is 1. The molecule has 2 rings (SSSR count). The molecule has 0 spiro atoms. The van der Waals surface area contributed by atoms with Gasteiger partial charge in [0.1, 0.15) is 0 Å². The van der Waals surface area contributed by atoms with Crippen LogP contribution in [0, 0.1) is 0 Å². The van der Waals surface area contributed by atoms with Gasteiger partial charge in [0.2, 0.25) is 11.8 Å². The molecule has 5 heteroatoms. The molecule has 0 saturated carbocycles. The summed E-state index contributed by atoms with van der Waals surface area (Å²) in [7, 11) is 0. The predicted molar refractivity (Wildman–Crippen MR) is 77.2 cm³/mol. The zero-order chi connectivity index (χ0) is 14.0. The largest absolute Gasteiger partial charge is 0.351 e. The van der Waals surface area contributed by atoms with Gasteiger partial charge in [-0.05, 0) is 32.9 Å². The Hall–Kier alpha value is -1.49. The van der Waals surface area contributed by atoms with E-state index in [2.05, 4.69) is 10.6 Å². The third-order valence-electron chi connectivity index (χ3n) is 2.59. The number of anilines is 1. The number of hydrogen-bond acceptors (Lipinski definition) is 3. The summed E-state index contributed by atoms with van der Waals surface area (Å²) < 4.78 is 0. The van der Waals surface area contributed by atoms with E-state index in [9.17, 15) is 9.59 Å². The van der Waals surface area contributed by atoms with Gasteiger partial charge in [-0.15, -0.1) is 11.8 Å². The molecule has 0 unspecified atom stereocenters. The van der Waals surface area contributed by atoms with E-state index in [0.717, 1.165) is 10.6 Å². The number of amides is 2. The number of benzene rings is 1. The van der Waals surface area contributed by atoms with Crippen molar-refractivity contribution < 1.29 is 9.59 Å². The van der Waals surface area contributed by atoms with Gasteiger partial charge in [-0.1, -0.05) is 12.1 Å². The van der Waals surface area contributed by atoms with Crippen LogP contribution in [0.25, 0.3) is 0 Å². The quantitative estimate of drug-likeness (QED) is 0.873. The molecule has 0 bridgehead atoms. The van der Waals surface area contributed by atoms with E-state index in [0.29, 0.717) is 0 Å². The molecule has 0 radical (unpaired) electrons. The van der Waals surface area contributed by atoms with E-state index in [-0.39, 0.29) is 29.0 Å². The minimum atomic E-state index is -0.364. The zero-order valence-corrected chi connectivity index (χ0v) is 12.1. The molecule has 0 aromatic heterocycles. The van der Waals surface area contributed by atoms with Crippen LogP contribution in [-0.4, -0.2) is 22.6 Å². The Labute approximate surface area is 117 Å². The molecule has 4 nitrogen and oxygen atoms in total. The maximum Gasteiger partial charge on any atom is 0.238 e. The first-order chi connectivity index (χ1) is 8.85. The van der Waals surface area contributed by atoms with Crippen molar-refractivity contribution >= 4 is 29.3 Å². The molecule has 2 amide bonds. The molecule has 1 aromatic rings. The molecule has 0 saturated heterocycles. The predicted octanol–water partition coefficient (Wildman–Crippen LogP) is 2.40. The van der Waals surface area contributed by atoms with Gasteiger partial charge in [0, 0.05) is 16.9 Å². The number of para-hydroxylation sites is 1. The van der Waals surface area contributed by atoms with E-state index >= 15 is 0 Å². The molecule has 2 N–H and O–H groups in total. The lowest BCUT2D eigenvalue weighted by molar-refractivity contribution is -0.125. The molecule has 1 heterocycles. The fraction of sp³-hybridized carbons (Fsp3) is 0.429. The summed E-state index contributed by atoms with van der Waals surface area (Å²) in [6.07, 6.45) is 0.197. The summed E-state index contributed by atoms with van der Waals surface area (Å²) in [5.74, 6) is -0.202. The Kier molecular flexibility index (Phi) is 3.85. The summed E-state index contributed by atoms with van der Waals surface area (Å²) in [5, 5.41) is 5.35. The van der Waals surface area contributed by atoms with Crippen molar-refractivity contribution in [2.45, 2.75) is 42.9 Å². The fourth-order valence-electron chi connectivity index (χ4n) is 1.86. The minimum Gasteiger partial charge on any atom is -0.351 e. The van der Waals surface area contributed by atoms with Crippen LogP contribution >= 0.6 is 11.8 Å². The fourth-order valence-corrected chi connectivity index (χ4v) is 2.98. The molecule has 1 aromatic carbocycles. The number of carbonyl (C=O) groups excluding carboxylic acids is 2. The molecule has 0 aliphatic carbocycles. The van der Waals surface area contributed by atoms with Crippen LogP contribution in [0.4, 0.5) is 5.69 Å². The highest BCUT2D eigenvalue weighted by molar-refractivity contribution is 8.01. The Balaban J connectivity index is 2.03. The van der Waals surface area contributed by atoms with Crippen LogP contribution < -0.4 is 10.6 Å². The van der Waals surface area contributed by atoms with Crippen LogP contribution in [0.3, 0.4) is 0 Å². The van der Waals surface area contributed by atoms with E-state index in [1.54, 1.807) is 0 Å². The normalized spacial score (nSPS) is 18.5. The van der Waals surface area contributed by atoms with Gasteiger partial charge in [0.25, 0.3) is 0 Å². The number of carbonyl (C=O) groups is 2. The first-order valence-corrected chi connectivity index (χ1v) is 7.11. The van der Waals surface area contributed by atoms with E-state index in [4.69, 9.17) is 0 Å².